The minimum atomic E-state index is -0.632. The summed E-state index contributed by atoms with van der Waals surface area (Å²) in [4.78, 5) is 51.8. The lowest BCUT2D eigenvalue weighted by atomic mass is 9.86. The van der Waals surface area contributed by atoms with E-state index < -0.39 is 23.6 Å². The molecular formula is C20H8Cl2N2O4. The summed E-state index contributed by atoms with van der Waals surface area (Å²) in [5.74, 6) is -2.41. The molecule has 0 unspecified atom stereocenters. The van der Waals surface area contributed by atoms with Crippen LogP contribution >= 0.6 is 23.2 Å². The van der Waals surface area contributed by atoms with Crippen molar-refractivity contribution in [2.75, 3.05) is 4.90 Å². The lowest BCUT2D eigenvalue weighted by molar-refractivity contribution is 0.0837. The molecule has 0 saturated carbocycles. The maximum absolute atomic E-state index is 13.2. The van der Waals surface area contributed by atoms with E-state index in [-0.39, 0.29) is 38.0 Å². The van der Waals surface area contributed by atoms with Gasteiger partial charge in [0.1, 0.15) is 0 Å². The molecule has 0 bridgehead atoms. The summed E-state index contributed by atoms with van der Waals surface area (Å²) in [7, 11) is 0. The first kappa shape index (κ1) is 16.9. The van der Waals surface area contributed by atoms with Crippen LogP contribution in [0.3, 0.4) is 0 Å². The van der Waals surface area contributed by atoms with Crippen LogP contribution in [0, 0.1) is 0 Å². The predicted octanol–water partition coefficient (Wildman–Crippen LogP) is 3.83. The molecule has 8 heteroatoms. The topological polar surface area (TPSA) is 83.6 Å². The highest BCUT2D eigenvalue weighted by atomic mass is 35.5. The Labute approximate surface area is 167 Å². The Morgan fingerprint density at radius 3 is 2.07 bits per heavy atom. The fourth-order valence-electron chi connectivity index (χ4n) is 3.68. The standard InChI is InChI=1S/C20H8Cl2N2O4/c21-8-1-3-9(4-2-8)24-19(27)11-6-5-10-14-12(18(26)23-17(10)25)7-13(22)16(15(11)14)20(24)28/h1-7H,(H,23,25,26). The van der Waals surface area contributed by atoms with Gasteiger partial charge in [0.05, 0.1) is 16.3 Å². The van der Waals surface area contributed by atoms with E-state index in [1.165, 1.54) is 18.2 Å². The van der Waals surface area contributed by atoms with Gasteiger partial charge in [-0.25, -0.2) is 4.90 Å². The van der Waals surface area contributed by atoms with E-state index in [4.69, 9.17) is 23.2 Å². The van der Waals surface area contributed by atoms with E-state index in [2.05, 4.69) is 5.32 Å². The van der Waals surface area contributed by atoms with Crippen molar-refractivity contribution in [1.82, 2.24) is 5.32 Å². The molecule has 6 nitrogen and oxygen atoms in total. The van der Waals surface area contributed by atoms with E-state index >= 15 is 0 Å². The minimum Gasteiger partial charge on any atom is -0.288 e. The van der Waals surface area contributed by atoms with Crippen LogP contribution in [0.4, 0.5) is 5.69 Å². The molecule has 4 amide bonds. The monoisotopic (exact) mass is 410 g/mol. The maximum Gasteiger partial charge on any atom is 0.267 e. The lowest BCUT2D eigenvalue weighted by Gasteiger charge is -2.30. The van der Waals surface area contributed by atoms with Crippen LogP contribution < -0.4 is 10.2 Å². The summed E-state index contributed by atoms with van der Waals surface area (Å²) in [6.45, 7) is 0. The third-order valence-electron chi connectivity index (χ3n) is 4.89. The Bertz CT molecular complexity index is 1280. The number of imide groups is 2. The normalized spacial score (nSPS) is 15.3. The van der Waals surface area contributed by atoms with E-state index in [1.807, 2.05) is 0 Å². The van der Waals surface area contributed by atoms with Gasteiger partial charge in [0.25, 0.3) is 23.6 Å². The quantitative estimate of drug-likeness (QED) is 0.617. The summed E-state index contributed by atoms with van der Waals surface area (Å²) in [5.41, 5.74) is 0.972. The molecular weight excluding hydrogens is 403 g/mol. The van der Waals surface area contributed by atoms with Crippen LogP contribution in [0.1, 0.15) is 41.4 Å². The van der Waals surface area contributed by atoms with Crippen LogP contribution in [0.5, 0.6) is 0 Å². The minimum absolute atomic E-state index is 0.0295. The van der Waals surface area contributed by atoms with Crippen molar-refractivity contribution in [2.24, 2.45) is 0 Å². The number of hydrogen-bond donors (Lipinski definition) is 1. The largest absolute Gasteiger partial charge is 0.288 e. The third kappa shape index (κ3) is 2.10. The number of amides is 4. The molecule has 2 aliphatic heterocycles. The molecule has 2 aliphatic rings. The molecule has 136 valence electrons. The number of benzene rings is 3. The maximum atomic E-state index is 13.2. The van der Waals surface area contributed by atoms with Gasteiger partial charge >= 0.3 is 0 Å². The zero-order valence-electron chi connectivity index (χ0n) is 13.9. The van der Waals surface area contributed by atoms with E-state index in [1.54, 1.807) is 24.3 Å². The summed E-state index contributed by atoms with van der Waals surface area (Å²) >= 11 is 12.2. The second kappa shape index (κ2) is 5.64. The average molecular weight is 411 g/mol. The van der Waals surface area contributed by atoms with Gasteiger partial charge in [-0.1, -0.05) is 23.2 Å². The fourth-order valence-corrected chi connectivity index (χ4v) is 4.09. The SMILES string of the molecule is O=C1NC(=O)c2cc(Cl)c3c4c(ccc1c24)C(=O)N(c1ccc(Cl)cc1)C3=O. The molecule has 3 aromatic rings. The molecule has 0 saturated heterocycles. The zero-order chi connectivity index (χ0) is 19.7. The highest BCUT2D eigenvalue weighted by Gasteiger charge is 2.39. The van der Waals surface area contributed by atoms with Crippen molar-refractivity contribution in [3.63, 3.8) is 0 Å². The Morgan fingerprint density at radius 2 is 1.36 bits per heavy atom. The van der Waals surface area contributed by atoms with Gasteiger partial charge in [0.15, 0.2) is 0 Å². The summed E-state index contributed by atoms with van der Waals surface area (Å²) in [5, 5.41) is 3.21. The highest BCUT2D eigenvalue weighted by Crippen LogP contribution is 2.40. The van der Waals surface area contributed by atoms with Crippen molar-refractivity contribution < 1.29 is 19.2 Å². The van der Waals surface area contributed by atoms with Crippen molar-refractivity contribution in [2.45, 2.75) is 0 Å². The van der Waals surface area contributed by atoms with Crippen molar-refractivity contribution in [3.8, 4) is 0 Å². The number of hydrogen-bond acceptors (Lipinski definition) is 4. The van der Waals surface area contributed by atoms with Crippen LogP contribution in [0.2, 0.25) is 10.0 Å². The number of anilines is 1. The molecule has 1 N–H and O–H groups in total. The van der Waals surface area contributed by atoms with Gasteiger partial charge in [-0.3, -0.25) is 24.5 Å². The molecule has 28 heavy (non-hydrogen) atoms. The molecule has 0 fully saturated rings. The first-order chi connectivity index (χ1) is 13.4. The fraction of sp³-hybridized carbons (Fsp3) is 0. The number of carbonyl (C=O) groups excluding carboxylic acids is 4. The van der Waals surface area contributed by atoms with Crippen LogP contribution in [0.25, 0.3) is 10.8 Å². The molecule has 0 spiro atoms. The molecule has 5 rings (SSSR count). The summed E-state index contributed by atoms with van der Waals surface area (Å²) in [6.07, 6.45) is 0. The van der Waals surface area contributed by atoms with E-state index in [9.17, 15) is 19.2 Å². The third-order valence-corrected chi connectivity index (χ3v) is 5.44. The number of nitrogens with one attached hydrogen (secondary N) is 1. The number of halogens is 2. The first-order valence-corrected chi connectivity index (χ1v) is 8.93. The average Bonchev–Trinajstić information content (AvgIpc) is 2.66. The number of carbonyl (C=O) groups is 4. The Hall–Kier alpha value is -3.22. The number of nitrogens with zero attached hydrogens (tertiary/aromatic N) is 1. The van der Waals surface area contributed by atoms with Gasteiger partial charge in [-0.15, -0.1) is 0 Å². The zero-order valence-corrected chi connectivity index (χ0v) is 15.4. The van der Waals surface area contributed by atoms with Crippen LogP contribution in [0.15, 0.2) is 42.5 Å². The highest BCUT2D eigenvalue weighted by molar-refractivity contribution is 6.45. The lowest BCUT2D eigenvalue weighted by Crippen LogP contribution is -2.42. The molecule has 0 aromatic heterocycles. The van der Waals surface area contributed by atoms with Gasteiger partial charge in [0.2, 0.25) is 0 Å². The van der Waals surface area contributed by atoms with Crippen molar-refractivity contribution in [3.05, 3.63) is 74.8 Å². The Morgan fingerprint density at radius 1 is 0.714 bits per heavy atom. The first-order valence-electron chi connectivity index (χ1n) is 8.17. The Balaban J connectivity index is 1.86. The molecule has 2 heterocycles. The van der Waals surface area contributed by atoms with Crippen molar-refractivity contribution >= 4 is 63.3 Å². The second-order valence-electron chi connectivity index (χ2n) is 6.40. The van der Waals surface area contributed by atoms with Gasteiger partial charge < -0.3 is 0 Å². The van der Waals surface area contributed by atoms with E-state index in [0.29, 0.717) is 10.7 Å². The van der Waals surface area contributed by atoms with Gasteiger partial charge in [0, 0.05) is 32.5 Å². The molecule has 3 aromatic carbocycles. The smallest absolute Gasteiger partial charge is 0.267 e. The molecule has 0 aliphatic carbocycles. The predicted molar refractivity (Wildman–Crippen MR) is 103 cm³/mol. The summed E-state index contributed by atoms with van der Waals surface area (Å²) in [6, 6.07) is 10.5. The van der Waals surface area contributed by atoms with Crippen LogP contribution in [-0.4, -0.2) is 23.6 Å². The Kier molecular flexibility index (Phi) is 3.41. The van der Waals surface area contributed by atoms with E-state index in [0.717, 1.165) is 4.90 Å². The van der Waals surface area contributed by atoms with Gasteiger partial charge in [-0.2, -0.15) is 0 Å². The number of rotatable bonds is 1. The second-order valence-corrected chi connectivity index (χ2v) is 7.24. The summed E-state index contributed by atoms with van der Waals surface area (Å²) < 4.78 is 0. The van der Waals surface area contributed by atoms with Crippen LogP contribution in [-0.2, 0) is 0 Å². The van der Waals surface area contributed by atoms with Gasteiger partial charge in [-0.05, 0) is 42.5 Å². The molecule has 0 atom stereocenters. The molecule has 0 radical (unpaired) electrons. The van der Waals surface area contributed by atoms with Crippen molar-refractivity contribution in [1.29, 1.82) is 0 Å².